The fraction of sp³-hybridized carbons (Fsp3) is 0.273. The molecule has 0 amide bonds. The molecule has 0 unspecified atom stereocenters. The average molecular weight is 298 g/mol. The van der Waals surface area contributed by atoms with E-state index < -0.39 is 4.92 Å². The zero-order valence-corrected chi connectivity index (χ0v) is 11.6. The van der Waals surface area contributed by atoms with Gasteiger partial charge in [-0.1, -0.05) is 18.7 Å². The highest BCUT2D eigenvalue weighted by atomic mass is 32.2. The molecule has 0 aliphatic carbocycles. The number of furan rings is 1. The first kappa shape index (κ1) is 13.9. The fourth-order valence-corrected chi connectivity index (χ4v) is 3.06. The third-order valence-corrected chi connectivity index (χ3v) is 4.32. The summed E-state index contributed by atoms with van der Waals surface area (Å²) in [6, 6.07) is 2.69. The summed E-state index contributed by atoms with van der Waals surface area (Å²) >= 11 is 2.60. The summed E-state index contributed by atoms with van der Waals surface area (Å²) in [4.78, 5) is 25.7. The lowest BCUT2D eigenvalue weighted by Crippen LogP contribution is -1.87. The molecule has 8 heteroatoms. The Labute approximate surface area is 117 Å². The van der Waals surface area contributed by atoms with Crippen LogP contribution < -0.4 is 0 Å². The molecule has 1 aliphatic heterocycles. The van der Waals surface area contributed by atoms with Crippen LogP contribution >= 0.6 is 23.5 Å². The lowest BCUT2D eigenvalue weighted by atomic mass is 10.3. The molecule has 0 spiro atoms. The van der Waals surface area contributed by atoms with Gasteiger partial charge in [0.25, 0.3) is 0 Å². The summed E-state index contributed by atoms with van der Waals surface area (Å²) in [5.74, 6) is 0.800. The van der Waals surface area contributed by atoms with Crippen LogP contribution in [0.3, 0.4) is 0 Å². The molecule has 2 rings (SSSR count). The Hall–Kier alpha value is -1.54. The first-order chi connectivity index (χ1) is 9.10. The third kappa shape index (κ3) is 3.48. The minimum Gasteiger partial charge on any atom is -0.401 e. The van der Waals surface area contributed by atoms with E-state index in [9.17, 15) is 14.9 Å². The first-order valence-corrected chi connectivity index (χ1v) is 7.30. The van der Waals surface area contributed by atoms with Crippen molar-refractivity contribution in [3.8, 4) is 0 Å². The Balaban J connectivity index is 2.15. The number of nitrogens with zero attached hydrogens (tertiary/aromatic N) is 2. The summed E-state index contributed by atoms with van der Waals surface area (Å²) in [6.07, 6.45) is 2.42. The van der Waals surface area contributed by atoms with Gasteiger partial charge in [-0.25, -0.2) is 4.99 Å². The number of thioether (sulfide) groups is 2. The lowest BCUT2D eigenvalue weighted by molar-refractivity contribution is -0.402. The zero-order chi connectivity index (χ0) is 13.8. The minimum atomic E-state index is -0.626. The zero-order valence-electron chi connectivity index (χ0n) is 9.99. The highest BCUT2D eigenvalue weighted by Crippen LogP contribution is 2.31. The van der Waals surface area contributed by atoms with E-state index in [1.54, 1.807) is 0 Å². The molecule has 0 radical (unpaired) electrons. The largest absolute Gasteiger partial charge is 0.433 e. The molecule has 1 aromatic heterocycles. The highest BCUT2D eigenvalue weighted by molar-refractivity contribution is 8.45. The average Bonchev–Trinajstić information content (AvgIpc) is 2.95. The molecule has 0 N–H and O–H groups in total. The molecule has 19 heavy (non-hydrogen) atoms. The van der Waals surface area contributed by atoms with Gasteiger partial charge in [-0.15, -0.1) is 0 Å². The second-order valence-electron chi connectivity index (χ2n) is 3.58. The van der Waals surface area contributed by atoms with E-state index in [4.69, 9.17) is 4.42 Å². The molecule has 0 saturated carbocycles. The van der Waals surface area contributed by atoms with Crippen LogP contribution in [-0.4, -0.2) is 20.2 Å². The molecule has 2 heterocycles. The van der Waals surface area contributed by atoms with E-state index in [0.29, 0.717) is 4.38 Å². The quantitative estimate of drug-likeness (QED) is 0.481. The molecular weight excluding hydrogens is 288 g/mol. The lowest BCUT2D eigenvalue weighted by Gasteiger charge is -1.92. The predicted octanol–water partition coefficient (Wildman–Crippen LogP) is 3.30. The Bertz CT molecular complexity index is 577. The maximum absolute atomic E-state index is 11.7. The van der Waals surface area contributed by atoms with Crippen LogP contribution in [0.2, 0.25) is 0 Å². The predicted molar refractivity (Wildman–Crippen MR) is 76.1 cm³/mol. The van der Waals surface area contributed by atoms with Crippen LogP contribution in [0, 0.1) is 10.1 Å². The van der Waals surface area contributed by atoms with Crippen molar-refractivity contribution in [2.75, 3.05) is 5.75 Å². The van der Waals surface area contributed by atoms with Crippen molar-refractivity contribution in [3.05, 3.63) is 33.7 Å². The second-order valence-corrected chi connectivity index (χ2v) is 5.88. The smallest absolute Gasteiger partial charge is 0.401 e. The van der Waals surface area contributed by atoms with Gasteiger partial charge < -0.3 is 4.42 Å². The van der Waals surface area contributed by atoms with Crippen molar-refractivity contribution in [2.24, 2.45) is 4.99 Å². The Morgan fingerprint density at radius 2 is 2.37 bits per heavy atom. The molecule has 0 aromatic carbocycles. The van der Waals surface area contributed by atoms with E-state index >= 15 is 0 Å². The maximum Gasteiger partial charge on any atom is 0.433 e. The highest BCUT2D eigenvalue weighted by Gasteiger charge is 2.23. The van der Waals surface area contributed by atoms with E-state index in [1.165, 1.54) is 30.0 Å². The standard InChI is InChI=1S/C11H10N2O4S2/c1-2-5-18-11-12-8(10(14)19-11)6-7-3-4-9(17-7)13(15)16/h3-4,6H,2,5H2,1H3/b8-6+. The SMILES string of the molecule is CCCSC1=N/C(=C/c2ccc([N+](=O)[O-])o2)C(=O)S1. The topological polar surface area (TPSA) is 85.7 Å². The van der Waals surface area contributed by atoms with Crippen molar-refractivity contribution in [1.29, 1.82) is 0 Å². The van der Waals surface area contributed by atoms with Gasteiger partial charge in [0, 0.05) is 6.08 Å². The van der Waals surface area contributed by atoms with Crippen molar-refractivity contribution < 1.29 is 14.1 Å². The van der Waals surface area contributed by atoms with Crippen LogP contribution in [0.15, 0.2) is 27.2 Å². The Morgan fingerprint density at radius 3 is 3.00 bits per heavy atom. The van der Waals surface area contributed by atoms with Gasteiger partial charge in [-0.3, -0.25) is 14.9 Å². The van der Waals surface area contributed by atoms with Gasteiger partial charge in [0.2, 0.25) is 5.12 Å². The van der Waals surface area contributed by atoms with Crippen molar-refractivity contribution in [1.82, 2.24) is 0 Å². The number of carbonyl (C=O) groups excluding carboxylic acids is 1. The summed E-state index contributed by atoms with van der Waals surface area (Å²) in [6.45, 7) is 2.05. The number of aliphatic imine (C=N–C) groups is 1. The molecule has 1 aromatic rings. The van der Waals surface area contributed by atoms with Gasteiger partial charge >= 0.3 is 5.88 Å². The van der Waals surface area contributed by atoms with Gasteiger partial charge in [0.15, 0.2) is 0 Å². The number of nitro groups is 1. The molecule has 6 nitrogen and oxygen atoms in total. The minimum absolute atomic E-state index is 0.169. The van der Waals surface area contributed by atoms with Crippen LogP contribution in [0.5, 0.6) is 0 Å². The molecule has 1 aliphatic rings. The normalized spacial score (nSPS) is 17.0. The molecule has 0 saturated heterocycles. The fourth-order valence-electron chi connectivity index (χ4n) is 1.29. The number of hydrogen-bond donors (Lipinski definition) is 0. The van der Waals surface area contributed by atoms with Crippen LogP contribution in [0.25, 0.3) is 6.08 Å². The maximum atomic E-state index is 11.7. The number of rotatable bonds is 4. The first-order valence-electron chi connectivity index (χ1n) is 5.49. The molecule has 0 atom stereocenters. The van der Waals surface area contributed by atoms with Crippen molar-refractivity contribution in [2.45, 2.75) is 13.3 Å². The summed E-state index contributed by atoms with van der Waals surface area (Å²) in [7, 11) is 0. The molecule has 0 fully saturated rings. The monoisotopic (exact) mass is 298 g/mol. The van der Waals surface area contributed by atoms with Crippen LogP contribution in [0.4, 0.5) is 5.88 Å². The van der Waals surface area contributed by atoms with E-state index in [0.717, 1.165) is 23.9 Å². The Morgan fingerprint density at radius 1 is 1.58 bits per heavy atom. The van der Waals surface area contributed by atoms with Crippen molar-refractivity contribution >= 4 is 45.0 Å². The van der Waals surface area contributed by atoms with Gasteiger partial charge in [-0.2, -0.15) is 0 Å². The second kappa shape index (κ2) is 6.07. The van der Waals surface area contributed by atoms with E-state index in [-0.39, 0.29) is 22.5 Å². The van der Waals surface area contributed by atoms with Crippen LogP contribution in [-0.2, 0) is 4.79 Å². The summed E-state index contributed by atoms with van der Waals surface area (Å²) in [5, 5.41) is 10.3. The van der Waals surface area contributed by atoms with E-state index in [2.05, 4.69) is 4.99 Å². The van der Waals surface area contributed by atoms with Gasteiger partial charge in [0.1, 0.15) is 20.8 Å². The Kier molecular flexibility index (Phi) is 4.43. The number of hydrogen-bond acceptors (Lipinski definition) is 7. The van der Waals surface area contributed by atoms with Gasteiger partial charge in [-0.05, 0) is 30.0 Å². The third-order valence-electron chi connectivity index (χ3n) is 2.10. The van der Waals surface area contributed by atoms with Crippen molar-refractivity contribution in [3.63, 3.8) is 0 Å². The summed E-state index contributed by atoms with van der Waals surface area (Å²) in [5.41, 5.74) is 0.257. The van der Waals surface area contributed by atoms with E-state index in [1.807, 2.05) is 6.92 Å². The molecule has 100 valence electrons. The van der Waals surface area contributed by atoms with Gasteiger partial charge in [0.05, 0.1) is 6.07 Å². The number of carbonyl (C=O) groups is 1. The molecular formula is C11H10N2O4S2. The molecule has 0 bridgehead atoms. The summed E-state index contributed by atoms with van der Waals surface area (Å²) < 4.78 is 5.67. The van der Waals surface area contributed by atoms with Crippen LogP contribution in [0.1, 0.15) is 19.1 Å².